The van der Waals surface area contributed by atoms with Crippen LogP contribution in [-0.2, 0) is 0 Å². The van der Waals surface area contributed by atoms with E-state index in [0.717, 1.165) is 68.7 Å². The minimum atomic E-state index is -0.00642. The van der Waals surface area contributed by atoms with Gasteiger partial charge in [-0.2, -0.15) is 0 Å². The number of hydrogen-bond acceptors (Lipinski definition) is 3. The second-order valence-electron chi connectivity index (χ2n) is 8.12. The first kappa shape index (κ1) is 19.5. The lowest BCUT2D eigenvalue weighted by Gasteiger charge is -2.35. The Labute approximate surface area is 172 Å². The van der Waals surface area contributed by atoms with E-state index in [0.29, 0.717) is 5.56 Å². The molecule has 2 aromatic carbocycles. The summed E-state index contributed by atoms with van der Waals surface area (Å²) in [7, 11) is 0. The van der Waals surface area contributed by atoms with E-state index < -0.39 is 0 Å². The Morgan fingerprint density at radius 3 is 2.24 bits per heavy atom. The van der Waals surface area contributed by atoms with E-state index in [4.69, 9.17) is 0 Å². The zero-order valence-corrected chi connectivity index (χ0v) is 17.1. The van der Waals surface area contributed by atoms with Crippen molar-refractivity contribution in [2.45, 2.75) is 38.6 Å². The molecule has 2 heterocycles. The molecule has 5 nitrogen and oxygen atoms in total. The number of nitrogens with one attached hydrogen (secondary N) is 1. The van der Waals surface area contributed by atoms with Gasteiger partial charge in [0.15, 0.2) is 0 Å². The zero-order chi connectivity index (χ0) is 20.2. The molecule has 0 radical (unpaired) electrons. The van der Waals surface area contributed by atoms with Crippen molar-refractivity contribution >= 4 is 17.5 Å². The van der Waals surface area contributed by atoms with Crippen molar-refractivity contribution in [1.29, 1.82) is 0 Å². The number of anilines is 1. The number of aryl methyl sites for hydroxylation is 1. The topological polar surface area (TPSA) is 52.7 Å². The maximum absolute atomic E-state index is 12.9. The highest BCUT2D eigenvalue weighted by Gasteiger charge is 2.26. The third kappa shape index (κ3) is 4.44. The van der Waals surface area contributed by atoms with Crippen LogP contribution in [0.3, 0.4) is 0 Å². The summed E-state index contributed by atoms with van der Waals surface area (Å²) >= 11 is 0. The van der Waals surface area contributed by atoms with Gasteiger partial charge in [-0.05, 0) is 56.9 Å². The Kier molecular flexibility index (Phi) is 5.84. The van der Waals surface area contributed by atoms with Gasteiger partial charge in [-0.15, -0.1) is 0 Å². The predicted molar refractivity (Wildman–Crippen MR) is 115 cm³/mol. The molecule has 2 amide bonds. The molecule has 0 saturated carbocycles. The standard InChI is InChI=1S/C24H29N3O2/c1-18-8-10-19(11-9-18)23(28)25-20-12-16-26(17-13-20)22-7-3-2-6-21(22)24(29)27-14-4-5-15-27/h2-3,6-11,20H,4-5,12-17H2,1H3,(H,25,28). The van der Waals surface area contributed by atoms with Crippen molar-refractivity contribution < 1.29 is 9.59 Å². The minimum Gasteiger partial charge on any atom is -0.371 e. The van der Waals surface area contributed by atoms with Gasteiger partial charge in [0.2, 0.25) is 0 Å². The van der Waals surface area contributed by atoms with Crippen molar-refractivity contribution in [2.75, 3.05) is 31.1 Å². The van der Waals surface area contributed by atoms with E-state index in [1.54, 1.807) is 0 Å². The summed E-state index contributed by atoms with van der Waals surface area (Å²) in [5, 5.41) is 3.17. The average molecular weight is 392 g/mol. The Morgan fingerprint density at radius 1 is 0.897 bits per heavy atom. The van der Waals surface area contributed by atoms with E-state index in [1.165, 1.54) is 0 Å². The summed E-state index contributed by atoms with van der Waals surface area (Å²) < 4.78 is 0. The Hall–Kier alpha value is -2.82. The first-order chi connectivity index (χ1) is 14.1. The van der Waals surface area contributed by atoms with Gasteiger partial charge in [-0.1, -0.05) is 29.8 Å². The van der Waals surface area contributed by atoms with Crippen molar-refractivity contribution in [3.8, 4) is 0 Å². The second-order valence-corrected chi connectivity index (χ2v) is 8.12. The normalized spacial score (nSPS) is 17.4. The molecule has 2 aliphatic heterocycles. The molecule has 2 aliphatic rings. The number of likely N-dealkylation sites (tertiary alicyclic amines) is 1. The van der Waals surface area contributed by atoms with Crippen LogP contribution < -0.4 is 10.2 Å². The predicted octanol–water partition coefficient (Wildman–Crippen LogP) is 3.63. The van der Waals surface area contributed by atoms with E-state index in [1.807, 2.05) is 54.3 Å². The van der Waals surface area contributed by atoms with E-state index >= 15 is 0 Å². The first-order valence-corrected chi connectivity index (χ1v) is 10.6. The van der Waals surface area contributed by atoms with Gasteiger partial charge in [-0.3, -0.25) is 9.59 Å². The van der Waals surface area contributed by atoms with Crippen LogP contribution in [-0.4, -0.2) is 48.9 Å². The van der Waals surface area contributed by atoms with Crippen LogP contribution in [0.4, 0.5) is 5.69 Å². The Morgan fingerprint density at radius 2 is 1.55 bits per heavy atom. The quantitative estimate of drug-likeness (QED) is 0.866. The summed E-state index contributed by atoms with van der Waals surface area (Å²) in [4.78, 5) is 29.7. The third-order valence-electron chi connectivity index (χ3n) is 6.01. The highest BCUT2D eigenvalue weighted by molar-refractivity contribution is 6.00. The fourth-order valence-electron chi connectivity index (χ4n) is 4.26. The number of carbonyl (C=O) groups is 2. The van der Waals surface area contributed by atoms with Gasteiger partial charge in [0.05, 0.1) is 5.56 Å². The molecule has 4 rings (SSSR count). The lowest BCUT2D eigenvalue weighted by Crippen LogP contribution is -2.45. The molecule has 29 heavy (non-hydrogen) atoms. The van der Waals surface area contributed by atoms with Gasteiger partial charge < -0.3 is 15.1 Å². The van der Waals surface area contributed by atoms with Crippen LogP contribution in [0.15, 0.2) is 48.5 Å². The van der Waals surface area contributed by atoms with Gasteiger partial charge >= 0.3 is 0 Å². The first-order valence-electron chi connectivity index (χ1n) is 10.6. The van der Waals surface area contributed by atoms with Crippen LogP contribution in [0.1, 0.15) is 52.0 Å². The summed E-state index contributed by atoms with van der Waals surface area (Å²) in [5.74, 6) is 0.140. The lowest BCUT2D eigenvalue weighted by molar-refractivity contribution is 0.0793. The maximum atomic E-state index is 12.9. The highest BCUT2D eigenvalue weighted by atomic mass is 16.2. The van der Waals surface area contributed by atoms with Crippen molar-refractivity contribution in [1.82, 2.24) is 10.2 Å². The SMILES string of the molecule is Cc1ccc(C(=O)NC2CCN(c3ccccc3C(=O)N3CCCC3)CC2)cc1. The molecule has 2 fully saturated rings. The fraction of sp³-hybridized carbons (Fsp3) is 0.417. The third-order valence-corrected chi connectivity index (χ3v) is 6.01. The number of carbonyl (C=O) groups excluding carboxylic acids is 2. The lowest BCUT2D eigenvalue weighted by atomic mass is 10.0. The zero-order valence-electron chi connectivity index (χ0n) is 17.1. The summed E-state index contributed by atoms with van der Waals surface area (Å²) in [6, 6.07) is 15.8. The average Bonchev–Trinajstić information content (AvgIpc) is 3.29. The van der Waals surface area contributed by atoms with E-state index in [9.17, 15) is 9.59 Å². The molecule has 5 heteroatoms. The Bertz CT molecular complexity index is 864. The van der Waals surface area contributed by atoms with Crippen LogP contribution >= 0.6 is 0 Å². The number of amides is 2. The minimum absolute atomic E-state index is 0.00642. The van der Waals surface area contributed by atoms with Gasteiger partial charge in [0, 0.05) is 43.5 Å². The molecule has 152 valence electrons. The second kappa shape index (κ2) is 8.68. The molecule has 0 aromatic heterocycles. The van der Waals surface area contributed by atoms with Crippen molar-refractivity contribution in [3.05, 3.63) is 65.2 Å². The molecule has 0 spiro atoms. The molecule has 0 atom stereocenters. The number of para-hydroxylation sites is 1. The van der Waals surface area contributed by atoms with Crippen molar-refractivity contribution in [3.63, 3.8) is 0 Å². The fourth-order valence-corrected chi connectivity index (χ4v) is 4.26. The van der Waals surface area contributed by atoms with Crippen LogP contribution in [0.25, 0.3) is 0 Å². The van der Waals surface area contributed by atoms with E-state index in [-0.39, 0.29) is 17.9 Å². The van der Waals surface area contributed by atoms with Crippen LogP contribution in [0.5, 0.6) is 0 Å². The Balaban J connectivity index is 1.38. The molecule has 2 aromatic rings. The number of hydrogen-bond donors (Lipinski definition) is 1. The van der Waals surface area contributed by atoms with Gasteiger partial charge in [0.25, 0.3) is 11.8 Å². The van der Waals surface area contributed by atoms with Gasteiger partial charge in [0.1, 0.15) is 0 Å². The number of piperidine rings is 1. The van der Waals surface area contributed by atoms with Gasteiger partial charge in [-0.25, -0.2) is 0 Å². The molecular formula is C24H29N3O2. The highest BCUT2D eigenvalue weighted by Crippen LogP contribution is 2.26. The number of rotatable bonds is 4. The molecule has 2 saturated heterocycles. The molecular weight excluding hydrogens is 362 g/mol. The number of nitrogens with zero attached hydrogens (tertiary/aromatic N) is 2. The van der Waals surface area contributed by atoms with E-state index in [2.05, 4.69) is 16.3 Å². The van der Waals surface area contributed by atoms with Crippen LogP contribution in [0.2, 0.25) is 0 Å². The molecule has 0 unspecified atom stereocenters. The van der Waals surface area contributed by atoms with Crippen molar-refractivity contribution in [2.24, 2.45) is 0 Å². The largest absolute Gasteiger partial charge is 0.371 e. The summed E-state index contributed by atoms with van der Waals surface area (Å²) in [6.45, 7) is 5.41. The smallest absolute Gasteiger partial charge is 0.255 e. The van der Waals surface area contributed by atoms with Crippen LogP contribution in [0, 0.1) is 6.92 Å². The summed E-state index contributed by atoms with van der Waals surface area (Å²) in [6.07, 6.45) is 3.95. The summed E-state index contributed by atoms with van der Waals surface area (Å²) in [5.41, 5.74) is 3.68. The molecule has 1 N–H and O–H groups in total. The molecule has 0 bridgehead atoms. The monoisotopic (exact) mass is 391 g/mol. The maximum Gasteiger partial charge on any atom is 0.255 e. The molecule has 0 aliphatic carbocycles. The number of benzene rings is 2.